The molecule has 0 N–H and O–H groups in total. The van der Waals surface area contributed by atoms with Gasteiger partial charge in [0.05, 0.1) is 0 Å². The van der Waals surface area contributed by atoms with Crippen molar-refractivity contribution in [2.45, 2.75) is 26.7 Å². The van der Waals surface area contributed by atoms with Crippen LogP contribution in [0, 0.1) is 5.69 Å². The molecule has 70 valence electrons. The average molecular weight is 192 g/mol. The van der Waals surface area contributed by atoms with E-state index in [1.807, 2.05) is 0 Å². The minimum absolute atomic E-state index is 0.928. The van der Waals surface area contributed by atoms with Crippen molar-refractivity contribution in [2.75, 3.05) is 5.75 Å². The van der Waals surface area contributed by atoms with Gasteiger partial charge in [0.1, 0.15) is 0 Å². The van der Waals surface area contributed by atoms with E-state index < -0.39 is 0 Å². The summed E-state index contributed by atoms with van der Waals surface area (Å²) in [6.07, 6.45) is 8.96. The van der Waals surface area contributed by atoms with Crippen LogP contribution in [0.2, 0.25) is 0 Å². The van der Waals surface area contributed by atoms with Crippen LogP contribution >= 0.6 is 11.2 Å². The van der Waals surface area contributed by atoms with E-state index in [1.165, 1.54) is 27.9 Å². The van der Waals surface area contributed by atoms with E-state index in [0.29, 0.717) is 0 Å². The fraction of sp³-hybridized carbons (Fsp3) is 0.417. The Kier molecular flexibility index (Phi) is 4.01. The van der Waals surface area contributed by atoms with Gasteiger partial charge in [0.25, 0.3) is 0 Å². The second-order valence-corrected chi connectivity index (χ2v) is 3.75. The molecule has 0 aromatic rings. The molecule has 0 fully saturated rings. The molecule has 0 radical (unpaired) electrons. The van der Waals surface area contributed by atoms with Crippen LogP contribution in [0.5, 0.6) is 0 Å². The zero-order chi connectivity index (χ0) is 9.68. The summed E-state index contributed by atoms with van der Waals surface area (Å²) < 4.78 is 0. The van der Waals surface area contributed by atoms with Crippen molar-refractivity contribution >= 4 is 11.2 Å². The Morgan fingerprint density at radius 1 is 1.54 bits per heavy atom. The van der Waals surface area contributed by atoms with Crippen molar-refractivity contribution in [2.24, 2.45) is 0 Å². The second kappa shape index (κ2) is 5.06. The van der Waals surface area contributed by atoms with Crippen LogP contribution in [0.15, 0.2) is 34.9 Å². The molecular weight excluding hydrogens is 176 g/mol. The highest BCUT2D eigenvalue weighted by atomic mass is 32.1. The van der Waals surface area contributed by atoms with Crippen LogP contribution in [0.4, 0.5) is 0 Å². The molecule has 0 atom stereocenters. The van der Waals surface area contributed by atoms with Gasteiger partial charge in [-0.2, -0.15) is 0 Å². The van der Waals surface area contributed by atoms with Gasteiger partial charge in [0.2, 0.25) is 0 Å². The first kappa shape index (κ1) is 10.3. The van der Waals surface area contributed by atoms with Crippen molar-refractivity contribution in [1.82, 2.24) is 0 Å². The highest BCUT2D eigenvalue weighted by Crippen LogP contribution is 2.25. The molecule has 1 aliphatic carbocycles. The maximum atomic E-state index is 5.49. The smallest absolute Gasteiger partial charge is 0.0429 e. The number of rotatable bonds is 2. The van der Waals surface area contributed by atoms with Gasteiger partial charge in [0.15, 0.2) is 0 Å². The minimum Gasteiger partial charge on any atom is -0.133 e. The minimum atomic E-state index is 0.928. The van der Waals surface area contributed by atoms with Gasteiger partial charge in [-0.3, -0.25) is 0 Å². The average Bonchev–Trinajstić information content (AvgIpc) is 2.18. The molecule has 0 amide bonds. The highest BCUT2D eigenvalue weighted by molar-refractivity contribution is 7.88. The molecule has 0 bridgehead atoms. The molecule has 0 aliphatic heterocycles. The summed E-state index contributed by atoms with van der Waals surface area (Å²) in [5, 5.41) is 0. The number of allylic oxidation sites excluding steroid dienone is 5. The summed E-state index contributed by atoms with van der Waals surface area (Å²) in [6, 6.07) is 0. The zero-order valence-electron chi connectivity index (χ0n) is 8.34. The maximum absolute atomic E-state index is 5.49. The van der Waals surface area contributed by atoms with Gasteiger partial charge < -0.3 is 0 Å². The predicted octanol–water partition coefficient (Wildman–Crippen LogP) is 3.92. The summed E-state index contributed by atoms with van der Waals surface area (Å²) >= 11 is 1.40. The van der Waals surface area contributed by atoms with E-state index in [9.17, 15) is 0 Å². The summed E-state index contributed by atoms with van der Waals surface area (Å²) in [6.45, 7) is 4.28. The van der Waals surface area contributed by atoms with E-state index in [1.54, 1.807) is 0 Å². The first-order chi connectivity index (χ1) is 6.31. The Bertz CT molecular complexity index is 311. The lowest BCUT2D eigenvalue weighted by atomic mass is 9.94. The molecule has 0 saturated carbocycles. The first-order valence-corrected chi connectivity index (χ1v) is 5.73. The van der Waals surface area contributed by atoms with Gasteiger partial charge in [-0.25, -0.2) is 0 Å². The summed E-state index contributed by atoms with van der Waals surface area (Å²) in [7, 11) is 0. The van der Waals surface area contributed by atoms with E-state index in [0.717, 1.165) is 18.6 Å². The summed E-state index contributed by atoms with van der Waals surface area (Å²) in [5.41, 5.74) is 9.76. The van der Waals surface area contributed by atoms with Crippen LogP contribution in [0.1, 0.15) is 26.7 Å². The molecule has 0 aromatic heterocycles. The van der Waals surface area contributed by atoms with Crippen LogP contribution in [-0.2, 0) is 0 Å². The topological polar surface area (TPSA) is 0 Å². The third kappa shape index (κ3) is 2.58. The van der Waals surface area contributed by atoms with E-state index in [-0.39, 0.29) is 0 Å². The SMILES string of the molecule is C#SCC1=C/C(=C\C)CC=C1CC. The fourth-order valence-corrected chi connectivity index (χ4v) is 1.99. The number of hydrogen-bond donors (Lipinski definition) is 0. The third-order valence-electron chi connectivity index (χ3n) is 2.35. The molecule has 0 saturated heterocycles. The lowest BCUT2D eigenvalue weighted by Crippen LogP contribution is -1.97. The van der Waals surface area contributed by atoms with Gasteiger partial charge in [-0.1, -0.05) is 25.2 Å². The van der Waals surface area contributed by atoms with Crippen LogP contribution < -0.4 is 0 Å². The van der Waals surface area contributed by atoms with Gasteiger partial charge in [-0.05, 0) is 36.5 Å². The van der Waals surface area contributed by atoms with Crippen LogP contribution in [0.25, 0.3) is 0 Å². The Morgan fingerprint density at radius 2 is 2.31 bits per heavy atom. The van der Waals surface area contributed by atoms with E-state index in [4.69, 9.17) is 5.69 Å². The maximum Gasteiger partial charge on any atom is 0.0429 e. The van der Waals surface area contributed by atoms with Crippen molar-refractivity contribution in [3.8, 4) is 5.69 Å². The molecule has 1 heteroatoms. The summed E-state index contributed by atoms with van der Waals surface area (Å²) in [4.78, 5) is 0. The second-order valence-electron chi connectivity index (χ2n) is 3.13. The van der Waals surface area contributed by atoms with E-state index >= 15 is 0 Å². The molecule has 0 heterocycles. The highest BCUT2D eigenvalue weighted by Gasteiger charge is 2.07. The van der Waals surface area contributed by atoms with Gasteiger partial charge in [0, 0.05) is 5.75 Å². The standard InChI is InChI=1S/C12H16S/c1-4-10-6-7-11(5-2)12(8-10)9-13-3/h3-4,7-8H,5-6,9H2,1-2H3/b10-4-. The molecule has 0 nitrogen and oxygen atoms in total. The zero-order valence-corrected chi connectivity index (χ0v) is 9.16. The molecule has 1 rings (SSSR count). The Morgan fingerprint density at radius 3 is 2.85 bits per heavy atom. The van der Waals surface area contributed by atoms with Crippen LogP contribution in [-0.4, -0.2) is 5.75 Å². The Labute approximate surface area is 84.6 Å². The fourth-order valence-electron chi connectivity index (χ4n) is 1.54. The monoisotopic (exact) mass is 192 g/mol. The lowest BCUT2D eigenvalue weighted by molar-refractivity contribution is 1.05. The Balaban J connectivity index is 2.89. The number of hydrogen-bond acceptors (Lipinski definition) is 0. The third-order valence-corrected chi connectivity index (χ3v) is 2.82. The van der Waals surface area contributed by atoms with Gasteiger partial charge in [-0.15, -0.1) is 16.9 Å². The normalized spacial score (nSPS) is 19.6. The van der Waals surface area contributed by atoms with Gasteiger partial charge >= 0.3 is 0 Å². The molecule has 0 aromatic carbocycles. The van der Waals surface area contributed by atoms with Crippen molar-refractivity contribution in [3.05, 3.63) is 34.9 Å². The predicted molar refractivity (Wildman–Crippen MR) is 62.2 cm³/mol. The molecule has 1 aliphatic rings. The molecule has 0 spiro atoms. The molecule has 13 heavy (non-hydrogen) atoms. The summed E-state index contributed by atoms with van der Waals surface area (Å²) in [5.74, 6) is 0.928. The van der Waals surface area contributed by atoms with Crippen LogP contribution in [0.3, 0.4) is 0 Å². The van der Waals surface area contributed by atoms with E-state index in [2.05, 4.69) is 32.1 Å². The largest absolute Gasteiger partial charge is 0.133 e. The quantitative estimate of drug-likeness (QED) is 0.622. The lowest BCUT2D eigenvalue weighted by Gasteiger charge is -2.14. The Hall–Kier alpha value is -0.780. The van der Waals surface area contributed by atoms with Crippen molar-refractivity contribution < 1.29 is 0 Å². The van der Waals surface area contributed by atoms with Crippen molar-refractivity contribution in [1.29, 1.82) is 0 Å². The van der Waals surface area contributed by atoms with Crippen molar-refractivity contribution in [3.63, 3.8) is 0 Å². The molecule has 0 unspecified atom stereocenters. The first-order valence-electron chi connectivity index (χ1n) is 4.68. The molecular formula is C12H16S.